The van der Waals surface area contributed by atoms with Crippen molar-refractivity contribution in [3.63, 3.8) is 0 Å². The molecule has 2 aliphatic heterocycles. The lowest BCUT2D eigenvalue weighted by Gasteiger charge is -2.40. The number of H-pyrrole nitrogens is 1. The molecule has 3 aromatic heterocycles. The molecule has 0 spiro atoms. The van der Waals surface area contributed by atoms with Crippen molar-refractivity contribution in [2.75, 3.05) is 10.2 Å². The molecule has 5 heterocycles. The smallest absolute Gasteiger partial charge is 0.252 e. The Labute approximate surface area is 167 Å². The third-order valence-corrected chi connectivity index (χ3v) is 6.13. The van der Waals surface area contributed by atoms with Gasteiger partial charge >= 0.3 is 0 Å². The van der Waals surface area contributed by atoms with Crippen molar-refractivity contribution in [1.29, 1.82) is 0 Å². The number of piperidine rings is 1. The lowest BCUT2D eigenvalue weighted by atomic mass is 9.96. The van der Waals surface area contributed by atoms with E-state index in [0.717, 1.165) is 48.2 Å². The average molecular weight is 397 g/mol. The molecule has 8 heteroatoms. The summed E-state index contributed by atoms with van der Waals surface area (Å²) in [6.07, 6.45) is 9.33. The number of nitrogens with zero attached hydrogens (tertiary/aromatic N) is 3. The number of hydrogen-bond acceptors (Lipinski definition) is 5. The topological polar surface area (TPSA) is 99.9 Å². The van der Waals surface area contributed by atoms with Gasteiger partial charge in [0.2, 0.25) is 0 Å². The first kappa shape index (κ1) is 17.3. The maximum Gasteiger partial charge on any atom is 0.252 e. The van der Waals surface area contributed by atoms with Crippen LogP contribution in [0.5, 0.6) is 0 Å². The van der Waals surface area contributed by atoms with E-state index in [2.05, 4.69) is 25.2 Å². The molecule has 2 fully saturated rings. The highest BCUT2D eigenvalue weighted by Gasteiger charge is 2.41. The molecule has 0 aromatic carbocycles. The predicted octanol–water partition coefficient (Wildman–Crippen LogP) is 3.32. The van der Waals surface area contributed by atoms with E-state index in [4.69, 9.17) is 17.3 Å². The molecule has 0 radical (unpaired) electrons. The Kier molecular flexibility index (Phi) is 4.12. The zero-order valence-corrected chi connectivity index (χ0v) is 16.0. The van der Waals surface area contributed by atoms with E-state index in [1.54, 1.807) is 12.4 Å². The summed E-state index contributed by atoms with van der Waals surface area (Å²) >= 11 is 5.99. The fourth-order valence-electron chi connectivity index (χ4n) is 4.74. The molecule has 2 saturated heterocycles. The first-order valence-electron chi connectivity index (χ1n) is 9.52. The fraction of sp³-hybridized carbons (Fsp3) is 0.350. The van der Waals surface area contributed by atoms with Crippen LogP contribution < -0.4 is 16.0 Å². The number of nitrogens with one attached hydrogen (secondary N) is 2. The molecule has 1 unspecified atom stereocenters. The second kappa shape index (κ2) is 6.67. The summed E-state index contributed by atoms with van der Waals surface area (Å²) in [5, 5.41) is 5.16. The number of primary amides is 1. The molecule has 28 heavy (non-hydrogen) atoms. The Bertz CT molecular complexity index is 1020. The molecule has 1 amide bonds. The quantitative estimate of drug-likeness (QED) is 0.628. The van der Waals surface area contributed by atoms with Gasteiger partial charge in [0.1, 0.15) is 11.5 Å². The highest BCUT2D eigenvalue weighted by Crippen LogP contribution is 2.40. The van der Waals surface area contributed by atoms with Gasteiger partial charge in [-0.05, 0) is 43.9 Å². The minimum absolute atomic E-state index is 0.264. The number of carbonyl (C=O) groups excluding carboxylic acids is 1. The lowest BCUT2D eigenvalue weighted by Crippen LogP contribution is -2.47. The first-order valence-corrected chi connectivity index (χ1v) is 9.90. The van der Waals surface area contributed by atoms with Gasteiger partial charge in [0, 0.05) is 42.1 Å². The van der Waals surface area contributed by atoms with Gasteiger partial charge in [-0.25, -0.2) is 9.97 Å². The maximum atomic E-state index is 11.9. The standard InChI is InChI=1S/C20H21ClN6O/c21-11-1-4-17(24-9-11)27-13-2-3-14(27)8-12(7-13)26-18-15-5-6-23-20(15)25-10-16(18)19(22)28/h1,4-6,9-10,12-14H,2-3,7-8H2,(H2,22,28)(H2,23,25,26)/t12?,13-,14+. The van der Waals surface area contributed by atoms with E-state index in [1.165, 1.54) is 0 Å². The fourth-order valence-corrected chi connectivity index (χ4v) is 4.86. The number of carbonyl (C=O) groups is 1. The number of amides is 1. The summed E-state index contributed by atoms with van der Waals surface area (Å²) in [4.78, 5) is 26.3. The zero-order chi connectivity index (χ0) is 19.3. The third kappa shape index (κ3) is 2.86. The molecular formula is C20H21ClN6O. The van der Waals surface area contributed by atoms with Crippen LogP contribution in [-0.4, -0.2) is 39.0 Å². The van der Waals surface area contributed by atoms with Gasteiger partial charge in [0.05, 0.1) is 16.3 Å². The highest BCUT2D eigenvalue weighted by atomic mass is 35.5. The summed E-state index contributed by atoms with van der Waals surface area (Å²) in [5.74, 6) is 0.522. The predicted molar refractivity (Wildman–Crippen MR) is 110 cm³/mol. The molecule has 0 saturated carbocycles. The molecule has 5 rings (SSSR count). The minimum Gasteiger partial charge on any atom is -0.381 e. The van der Waals surface area contributed by atoms with Crippen LogP contribution in [0.25, 0.3) is 11.0 Å². The van der Waals surface area contributed by atoms with Gasteiger partial charge in [0.25, 0.3) is 5.91 Å². The normalized spacial score (nSPS) is 23.9. The summed E-state index contributed by atoms with van der Waals surface area (Å²) in [5.41, 5.74) is 7.56. The maximum absolute atomic E-state index is 11.9. The summed E-state index contributed by atoms with van der Waals surface area (Å²) in [7, 11) is 0. The molecule has 3 atom stereocenters. The number of rotatable bonds is 4. The molecule has 2 bridgehead atoms. The summed E-state index contributed by atoms with van der Waals surface area (Å²) in [6, 6.07) is 6.93. The average Bonchev–Trinajstić information content (AvgIpc) is 3.25. The summed E-state index contributed by atoms with van der Waals surface area (Å²) < 4.78 is 0. The molecule has 4 N–H and O–H groups in total. The van der Waals surface area contributed by atoms with Crippen molar-refractivity contribution in [2.45, 2.75) is 43.8 Å². The second-order valence-corrected chi connectivity index (χ2v) is 8.03. The number of fused-ring (bicyclic) bond motifs is 3. The van der Waals surface area contributed by atoms with Crippen molar-refractivity contribution in [3.8, 4) is 0 Å². The Hall–Kier alpha value is -2.80. The van der Waals surface area contributed by atoms with Gasteiger partial charge < -0.3 is 20.9 Å². The second-order valence-electron chi connectivity index (χ2n) is 7.59. The number of aromatic amines is 1. The van der Waals surface area contributed by atoms with Crippen LogP contribution in [0.4, 0.5) is 11.5 Å². The SMILES string of the molecule is NC(=O)c1cnc2[nH]ccc2c1NC1C[C@H]2CC[C@@H](C1)N2c1ccc(Cl)cn1. The molecular weight excluding hydrogens is 376 g/mol. The molecule has 3 aromatic rings. The number of anilines is 2. The monoisotopic (exact) mass is 396 g/mol. The van der Waals surface area contributed by atoms with Crippen molar-refractivity contribution in [3.05, 3.63) is 47.4 Å². The largest absolute Gasteiger partial charge is 0.381 e. The van der Waals surface area contributed by atoms with Crippen molar-refractivity contribution >= 4 is 40.0 Å². The highest BCUT2D eigenvalue weighted by molar-refractivity contribution is 6.30. The number of hydrogen-bond donors (Lipinski definition) is 3. The first-order chi connectivity index (χ1) is 13.6. The van der Waals surface area contributed by atoms with E-state index in [9.17, 15) is 4.79 Å². The van der Waals surface area contributed by atoms with Crippen LogP contribution >= 0.6 is 11.6 Å². The number of halogens is 1. The van der Waals surface area contributed by atoms with Crippen LogP contribution in [0.3, 0.4) is 0 Å². The van der Waals surface area contributed by atoms with E-state index in [1.807, 2.05) is 24.4 Å². The number of nitrogens with two attached hydrogens (primary N) is 1. The van der Waals surface area contributed by atoms with E-state index in [-0.39, 0.29) is 6.04 Å². The van der Waals surface area contributed by atoms with Crippen molar-refractivity contribution < 1.29 is 4.79 Å². The Morgan fingerprint density at radius 3 is 2.64 bits per heavy atom. The van der Waals surface area contributed by atoms with Crippen LogP contribution in [0.1, 0.15) is 36.0 Å². The lowest BCUT2D eigenvalue weighted by molar-refractivity contribution is 0.100. The van der Waals surface area contributed by atoms with Crippen molar-refractivity contribution in [2.24, 2.45) is 5.73 Å². The van der Waals surface area contributed by atoms with E-state index >= 15 is 0 Å². The molecule has 144 valence electrons. The van der Waals surface area contributed by atoms with Gasteiger partial charge in [-0.1, -0.05) is 11.6 Å². The van der Waals surface area contributed by atoms with Crippen LogP contribution in [0.15, 0.2) is 36.8 Å². The Balaban J connectivity index is 1.41. The molecule has 7 nitrogen and oxygen atoms in total. The Morgan fingerprint density at radius 2 is 1.96 bits per heavy atom. The van der Waals surface area contributed by atoms with E-state index in [0.29, 0.717) is 22.7 Å². The van der Waals surface area contributed by atoms with Crippen LogP contribution in [-0.2, 0) is 0 Å². The number of pyridine rings is 2. The van der Waals surface area contributed by atoms with Gasteiger partial charge in [0.15, 0.2) is 0 Å². The Morgan fingerprint density at radius 1 is 1.18 bits per heavy atom. The number of aromatic nitrogens is 3. The van der Waals surface area contributed by atoms with Gasteiger partial charge in [-0.3, -0.25) is 4.79 Å². The van der Waals surface area contributed by atoms with Crippen LogP contribution in [0, 0.1) is 0 Å². The molecule has 0 aliphatic carbocycles. The minimum atomic E-state index is -0.469. The van der Waals surface area contributed by atoms with Crippen LogP contribution in [0.2, 0.25) is 5.02 Å². The van der Waals surface area contributed by atoms with Gasteiger partial charge in [-0.15, -0.1) is 0 Å². The zero-order valence-electron chi connectivity index (χ0n) is 15.2. The van der Waals surface area contributed by atoms with Gasteiger partial charge in [-0.2, -0.15) is 0 Å². The third-order valence-electron chi connectivity index (χ3n) is 5.91. The van der Waals surface area contributed by atoms with Crippen molar-refractivity contribution in [1.82, 2.24) is 15.0 Å². The van der Waals surface area contributed by atoms with E-state index < -0.39 is 5.91 Å². The summed E-state index contributed by atoms with van der Waals surface area (Å²) in [6.45, 7) is 0. The molecule has 2 aliphatic rings.